The van der Waals surface area contributed by atoms with Crippen molar-refractivity contribution in [2.24, 2.45) is 4.99 Å². The van der Waals surface area contributed by atoms with Crippen LogP contribution >= 0.6 is 0 Å². The van der Waals surface area contributed by atoms with Crippen LogP contribution in [0.1, 0.15) is 33.0 Å². The number of nitrogens with one attached hydrogen (secondary N) is 2. The lowest BCUT2D eigenvalue weighted by Crippen LogP contribution is -2.40. The highest BCUT2D eigenvalue weighted by Crippen LogP contribution is 2.07. The van der Waals surface area contributed by atoms with Gasteiger partial charge in [0.25, 0.3) is 0 Å². The molecule has 2 N–H and O–H groups in total. The molecule has 1 aromatic heterocycles. The van der Waals surface area contributed by atoms with Gasteiger partial charge in [-0.2, -0.15) is 0 Å². The number of aliphatic imine (C=N–C) groups is 1. The van der Waals surface area contributed by atoms with Crippen LogP contribution in [-0.4, -0.2) is 50.9 Å². The number of rotatable bonds is 9. The van der Waals surface area contributed by atoms with Crippen molar-refractivity contribution in [2.75, 3.05) is 33.4 Å². The van der Waals surface area contributed by atoms with Crippen molar-refractivity contribution in [3.8, 4) is 0 Å². The predicted octanol–water partition coefficient (Wildman–Crippen LogP) is 1.74. The van der Waals surface area contributed by atoms with Crippen LogP contribution in [0.5, 0.6) is 0 Å². The Balaban J connectivity index is 2.35. The number of furan rings is 1. The van der Waals surface area contributed by atoms with Gasteiger partial charge < -0.3 is 24.5 Å². The molecule has 1 heterocycles. The second-order valence-electron chi connectivity index (χ2n) is 6.24. The van der Waals surface area contributed by atoms with E-state index in [0.29, 0.717) is 32.2 Å². The standard InChI is InChI=1S/C17H29N3O4/c1-17(2,3)24-15(21)8-10-19-16(20-11-13-22-4)18-9-7-14-6-5-12-23-14/h5-6,12H,7-11,13H2,1-4H3,(H2,18,19,20). The molecule has 0 aliphatic heterocycles. The fourth-order valence-electron chi connectivity index (χ4n) is 1.86. The largest absolute Gasteiger partial charge is 0.469 e. The number of carbonyl (C=O) groups excluding carboxylic acids is 1. The third-order valence-corrected chi connectivity index (χ3v) is 2.85. The smallest absolute Gasteiger partial charge is 0.308 e. The summed E-state index contributed by atoms with van der Waals surface area (Å²) in [7, 11) is 1.63. The SMILES string of the molecule is COCCN=C(NCCC(=O)OC(C)(C)C)NCCc1ccco1. The molecule has 1 rings (SSSR count). The number of hydrogen-bond donors (Lipinski definition) is 2. The summed E-state index contributed by atoms with van der Waals surface area (Å²) in [6.45, 7) is 7.77. The molecule has 1 aromatic rings. The molecule has 24 heavy (non-hydrogen) atoms. The molecule has 0 bridgehead atoms. The van der Waals surface area contributed by atoms with Gasteiger partial charge in [-0.05, 0) is 32.9 Å². The Bertz CT molecular complexity index is 492. The van der Waals surface area contributed by atoms with Gasteiger partial charge in [0.15, 0.2) is 5.96 Å². The fourth-order valence-corrected chi connectivity index (χ4v) is 1.86. The molecular weight excluding hydrogens is 310 g/mol. The highest BCUT2D eigenvalue weighted by Gasteiger charge is 2.15. The van der Waals surface area contributed by atoms with E-state index in [9.17, 15) is 4.79 Å². The van der Waals surface area contributed by atoms with Gasteiger partial charge in [-0.25, -0.2) is 0 Å². The minimum atomic E-state index is -0.465. The Morgan fingerprint density at radius 1 is 1.29 bits per heavy atom. The summed E-state index contributed by atoms with van der Waals surface area (Å²) in [5, 5.41) is 6.34. The average molecular weight is 339 g/mol. The summed E-state index contributed by atoms with van der Waals surface area (Å²) >= 11 is 0. The number of ether oxygens (including phenoxy) is 2. The molecule has 0 fully saturated rings. The van der Waals surface area contributed by atoms with Crippen molar-refractivity contribution >= 4 is 11.9 Å². The Morgan fingerprint density at radius 2 is 2.04 bits per heavy atom. The van der Waals surface area contributed by atoms with Gasteiger partial charge in [-0.15, -0.1) is 0 Å². The summed E-state index contributed by atoms with van der Waals surface area (Å²) in [4.78, 5) is 16.1. The number of methoxy groups -OCH3 is 1. The van der Waals surface area contributed by atoms with E-state index in [0.717, 1.165) is 12.2 Å². The number of hydrogen-bond acceptors (Lipinski definition) is 5. The first kappa shape index (κ1) is 20.0. The average Bonchev–Trinajstić information content (AvgIpc) is 2.98. The topological polar surface area (TPSA) is 85.1 Å². The zero-order valence-electron chi connectivity index (χ0n) is 15.1. The van der Waals surface area contributed by atoms with Crippen molar-refractivity contribution in [2.45, 2.75) is 39.2 Å². The van der Waals surface area contributed by atoms with Crippen LogP contribution in [0.25, 0.3) is 0 Å². The normalized spacial score (nSPS) is 12.1. The molecule has 0 aliphatic carbocycles. The number of guanidine groups is 1. The first-order valence-corrected chi connectivity index (χ1v) is 8.16. The van der Waals surface area contributed by atoms with Gasteiger partial charge in [0.05, 0.1) is 25.8 Å². The monoisotopic (exact) mass is 339 g/mol. The van der Waals surface area contributed by atoms with Gasteiger partial charge in [-0.1, -0.05) is 0 Å². The number of esters is 1. The van der Waals surface area contributed by atoms with Crippen molar-refractivity contribution in [1.29, 1.82) is 0 Å². The summed E-state index contributed by atoms with van der Waals surface area (Å²) in [6.07, 6.45) is 2.69. The Labute approximate surface area is 143 Å². The molecule has 0 aliphatic rings. The van der Waals surface area contributed by atoms with Crippen LogP contribution in [0.4, 0.5) is 0 Å². The van der Waals surface area contributed by atoms with Gasteiger partial charge in [0, 0.05) is 26.6 Å². The van der Waals surface area contributed by atoms with Crippen LogP contribution < -0.4 is 10.6 Å². The molecule has 0 atom stereocenters. The summed E-state index contributed by atoms with van der Waals surface area (Å²) < 4.78 is 15.6. The van der Waals surface area contributed by atoms with Gasteiger partial charge in [0.2, 0.25) is 0 Å². The molecule has 0 spiro atoms. The summed E-state index contributed by atoms with van der Waals surface area (Å²) in [5.41, 5.74) is -0.465. The fraction of sp³-hybridized carbons (Fsp3) is 0.647. The maximum atomic E-state index is 11.7. The van der Waals surface area contributed by atoms with E-state index in [4.69, 9.17) is 13.9 Å². The Hall–Kier alpha value is -2.02. The van der Waals surface area contributed by atoms with E-state index in [-0.39, 0.29) is 12.4 Å². The lowest BCUT2D eigenvalue weighted by atomic mass is 10.2. The molecule has 7 heteroatoms. The summed E-state index contributed by atoms with van der Waals surface area (Å²) in [6, 6.07) is 3.79. The zero-order valence-corrected chi connectivity index (χ0v) is 15.1. The maximum absolute atomic E-state index is 11.7. The molecule has 7 nitrogen and oxygen atoms in total. The van der Waals surface area contributed by atoms with Crippen molar-refractivity contribution < 1.29 is 18.7 Å². The van der Waals surface area contributed by atoms with E-state index < -0.39 is 5.60 Å². The lowest BCUT2D eigenvalue weighted by molar-refractivity contribution is -0.154. The quantitative estimate of drug-likeness (QED) is 0.308. The molecule has 0 radical (unpaired) electrons. The molecular formula is C17H29N3O4. The molecule has 0 amide bonds. The first-order chi connectivity index (χ1) is 11.4. The van der Waals surface area contributed by atoms with Crippen molar-refractivity contribution in [3.05, 3.63) is 24.2 Å². The van der Waals surface area contributed by atoms with Crippen LogP contribution in [0.3, 0.4) is 0 Å². The minimum Gasteiger partial charge on any atom is -0.469 e. The van der Waals surface area contributed by atoms with Gasteiger partial charge in [-0.3, -0.25) is 9.79 Å². The predicted molar refractivity (Wildman–Crippen MR) is 93.1 cm³/mol. The van der Waals surface area contributed by atoms with E-state index in [1.165, 1.54) is 0 Å². The van der Waals surface area contributed by atoms with Crippen LogP contribution in [0.2, 0.25) is 0 Å². The van der Waals surface area contributed by atoms with E-state index in [2.05, 4.69) is 15.6 Å². The lowest BCUT2D eigenvalue weighted by Gasteiger charge is -2.19. The number of carbonyl (C=O) groups is 1. The molecule has 0 aromatic carbocycles. The Kier molecular flexibility index (Phi) is 8.93. The van der Waals surface area contributed by atoms with E-state index in [1.54, 1.807) is 13.4 Å². The summed E-state index contributed by atoms with van der Waals surface area (Å²) in [5.74, 6) is 1.32. The van der Waals surface area contributed by atoms with Crippen LogP contribution in [-0.2, 0) is 20.7 Å². The van der Waals surface area contributed by atoms with Gasteiger partial charge >= 0.3 is 5.97 Å². The maximum Gasteiger partial charge on any atom is 0.308 e. The van der Waals surface area contributed by atoms with Crippen molar-refractivity contribution in [1.82, 2.24) is 10.6 Å². The van der Waals surface area contributed by atoms with Crippen LogP contribution in [0.15, 0.2) is 27.8 Å². The van der Waals surface area contributed by atoms with E-state index >= 15 is 0 Å². The van der Waals surface area contributed by atoms with Crippen LogP contribution in [0, 0.1) is 0 Å². The minimum absolute atomic E-state index is 0.234. The molecule has 136 valence electrons. The van der Waals surface area contributed by atoms with Gasteiger partial charge in [0.1, 0.15) is 11.4 Å². The highest BCUT2D eigenvalue weighted by atomic mass is 16.6. The Morgan fingerprint density at radius 3 is 2.67 bits per heavy atom. The van der Waals surface area contributed by atoms with E-state index in [1.807, 2.05) is 32.9 Å². The molecule has 0 saturated carbocycles. The molecule has 0 saturated heterocycles. The van der Waals surface area contributed by atoms with Crippen molar-refractivity contribution in [3.63, 3.8) is 0 Å². The third kappa shape index (κ3) is 9.89. The molecule has 0 unspecified atom stereocenters. The second kappa shape index (κ2) is 10.7. The second-order valence-corrected chi connectivity index (χ2v) is 6.24. The highest BCUT2D eigenvalue weighted by molar-refractivity contribution is 5.80. The third-order valence-electron chi connectivity index (χ3n) is 2.85. The number of nitrogens with zero attached hydrogens (tertiary/aromatic N) is 1. The zero-order chi connectivity index (χ0) is 17.8. The first-order valence-electron chi connectivity index (χ1n) is 8.16.